The first-order valence-electron chi connectivity index (χ1n) is 9.77. The molecule has 2 aromatic carbocycles. The number of hydrogen-bond acceptors (Lipinski definition) is 3. The number of urea groups is 1. The molecule has 2 aromatic rings. The van der Waals surface area contributed by atoms with Crippen molar-refractivity contribution in [2.75, 3.05) is 36.4 Å². The maximum absolute atomic E-state index is 12.6. The van der Waals surface area contributed by atoms with Gasteiger partial charge in [-0.2, -0.15) is 0 Å². The van der Waals surface area contributed by atoms with Gasteiger partial charge in [-0.05, 0) is 48.2 Å². The number of carbonyl (C=O) groups is 2. The third-order valence-corrected chi connectivity index (χ3v) is 5.16. The molecule has 1 aliphatic rings. The van der Waals surface area contributed by atoms with Gasteiger partial charge in [0.1, 0.15) is 0 Å². The van der Waals surface area contributed by atoms with Gasteiger partial charge < -0.3 is 15.1 Å². The minimum Gasteiger partial charge on any atom is -0.368 e. The summed E-state index contributed by atoms with van der Waals surface area (Å²) in [5, 5.41) is 2.93. The van der Waals surface area contributed by atoms with E-state index in [1.165, 1.54) is 18.2 Å². The molecule has 28 heavy (non-hydrogen) atoms. The normalized spacial score (nSPS) is 14.7. The highest BCUT2D eigenvalue weighted by Crippen LogP contribution is 2.32. The molecule has 1 heterocycles. The van der Waals surface area contributed by atoms with E-state index in [0.29, 0.717) is 24.3 Å². The zero-order chi connectivity index (χ0) is 20.3. The van der Waals surface area contributed by atoms with E-state index in [4.69, 9.17) is 0 Å². The summed E-state index contributed by atoms with van der Waals surface area (Å²) in [6.07, 6.45) is 0. The van der Waals surface area contributed by atoms with Gasteiger partial charge in [-0.15, -0.1) is 0 Å². The Balaban J connectivity index is 1.61. The van der Waals surface area contributed by atoms with Crippen molar-refractivity contribution in [3.8, 4) is 0 Å². The Kier molecular flexibility index (Phi) is 5.73. The molecular formula is C23H29N3O2. The van der Waals surface area contributed by atoms with E-state index in [1.807, 2.05) is 4.90 Å². The highest BCUT2D eigenvalue weighted by Gasteiger charge is 2.25. The summed E-state index contributed by atoms with van der Waals surface area (Å²) in [4.78, 5) is 28.2. The van der Waals surface area contributed by atoms with E-state index in [0.717, 1.165) is 13.1 Å². The number of carbonyl (C=O) groups excluding carboxylic acids is 2. The van der Waals surface area contributed by atoms with Crippen LogP contribution >= 0.6 is 0 Å². The van der Waals surface area contributed by atoms with Crippen LogP contribution in [0.4, 0.5) is 16.2 Å². The Bertz CT molecular complexity index is 845. The van der Waals surface area contributed by atoms with Crippen LogP contribution < -0.4 is 10.2 Å². The third-order valence-electron chi connectivity index (χ3n) is 5.16. The van der Waals surface area contributed by atoms with Crippen molar-refractivity contribution < 1.29 is 9.59 Å². The summed E-state index contributed by atoms with van der Waals surface area (Å²) in [6, 6.07) is 15.4. The molecule has 1 fully saturated rings. The number of nitrogens with one attached hydrogen (secondary N) is 1. The molecule has 5 nitrogen and oxygen atoms in total. The van der Waals surface area contributed by atoms with Crippen molar-refractivity contribution in [3.63, 3.8) is 0 Å². The van der Waals surface area contributed by atoms with Crippen LogP contribution in [0.1, 0.15) is 43.6 Å². The molecule has 148 valence electrons. The summed E-state index contributed by atoms with van der Waals surface area (Å²) >= 11 is 0. The van der Waals surface area contributed by atoms with Crippen molar-refractivity contribution in [1.29, 1.82) is 0 Å². The lowest BCUT2D eigenvalue weighted by Gasteiger charge is -2.38. The predicted octanol–water partition coefficient (Wildman–Crippen LogP) is 4.54. The summed E-state index contributed by atoms with van der Waals surface area (Å²) in [5.74, 6) is 0.0181. The van der Waals surface area contributed by atoms with Gasteiger partial charge in [0.2, 0.25) is 0 Å². The average Bonchev–Trinajstić information content (AvgIpc) is 2.68. The molecule has 0 saturated carbocycles. The van der Waals surface area contributed by atoms with E-state index in [2.05, 4.69) is 55.3 Å². The van der Waals surface area contributed by atoms with Crippen molar-refractivity contribution >= 4 is 23.2 Å². The summed E-state index contributed by atoms with van der Waals surface area (Å²) in [5.41, 5.74) is 4.02. The maximum atomic E-state index is 12.6. The fraction of sp³-hybridized carbons (Fsp3) is 0.391. The molecule has 1 aliphatic heterocycles. The number of nitrogens with zero attached hydrogens (tertiary/aromatic N) is 2. The van der Waals surface area contributed by atoms with E-state index >= 15 is 0 Å². The number of para-hydroxylation sites is 1. The monoisotopic (exact) mass is 379 g/mol. The number of Topliss-reactive ketones (excluding diaryl/α,β-unsaturated/α-hetero) is 1. The number of benzene rings is 2. The third kappa shape index (κ3) is 4.53. The van der Waals surface area contributed by atoms with Gasteiger partial charge in [0.05, 0.1) is 0 Å². The number of amides is 2. The zero-order valence-corrected chi connectivity index (χ0v) is 17.2. The van der Waals surface area contributed by atoms with Crippen LogP contribution in [0.5, 0.6) is 0 Å². The Morgan fingerprint density at radius 3 is 2.07 bits per heavy atom. The Morgan fingerprint density at radius 2 is 1.50 bits per heavy atom. The highest BCUT2D eigenvalue weighted by molar-refractivity contribution is 5.95. The van der Waals surface area contributed by atoms with E-state index in [9.17, 15) is 9.59 Å². The second kappa shape index (κ2) is 8.05. The average molecular weight is 380 g/mol. The molecule has 0 bridgehead atoms. The van der Waals surface area contributed by atoms with Crippen molar-refractivity contribution in [2.45, 2.75) is 33.1 Å². The van der Waals surface area contributed by atoms with E-state index in [-0.39, 0.29) is 17.2 Å². The molecule has 0 atom stereocenters. The van der Waals surface area contributed by atoms with Crippen LogP contribution in [-0.2, 0) is 5.41 Å². The van der Waals surface area contributed by atoms with Crippen LogP contribution in [0, 0.1) is 0 Å². The second-order valence-corrected chi connectivity index (χ2v) is 8.30. The van der Waals surface area contributed by atoms with Crippen molar-refractivity contribution in [1.82, 2.24) is 4.90 Å². The van der Waals surface area contributed by atoms with Gasteiger partial charge in [-0.1, -0.05) is 39.0 Å². The molecule has 0 radical (unpaired) electrons. The van der Waals surface area contributed by atoms with Gasteiger partial charge >= 0.3 is 6.03 Å². The maximum Gasteiger partial charge on any atom is 0.321 e. The molecule has 2 amide bonds. The lowest BCUT2D eigenvalue weighted by atomic mass is 9.85. The molecule has 0 unspecified atom stereocenters. The SMILES string of the molecule is CC(=O)c1ccc(NC(=O)N2CCN(c3ccccc3C(C)(C)C)CC2)cc1. The van der Waals surface area contributed by atoms with Crippen LogP contribution in [0.25, 0.3) is 0 Å². The van der Waals surface area contributed by atoms with Gasteiger partial charge in [-0.25, -0.2) is 4.79 Å². The number of piperazine rings is 1. The zero-order valence-electron chi connectivity index (χ0n) is 17.2. The first kappa shape index (κ1) is 19.9. The highest BCUT2D eigenvalue weighted by atomic mass is 16.2. The van der Waals surface area contributed by atoms with Gasteiger partial charge in [0.15, 0.2) is 5.78 Å². The number of ketones is 1. The topological polar surface area (TPSA) is 52.7 Å². The Hall–Kier alpha value is -2.82. The van der Waals surface area contributed by atoms with Crippen LogP contribution in [0.2, 0.25) is 0 Å². The quantitative estimate of drug-likeness (QED) is 0.797. The van der Waals surface area contributed by atoms with Gasteiger partial charge in [0.25, 0.3) is 0 Å². The first-order chi connectivity index (χ1) is 13.3. The summed E-state index contributed by atoms with van der Waals surface area (Å²) < 4.78 is 0. The lowest BCUT2D eigenvalue weighted by Crippen LogP contribution is -2.50. The Labute approximate surface area is 167 Å². The minimum absolute atomic E-state index is 0.0181. The molecule has 5 heteroatoms. The molecule has 1 N–H and O–H groups in total. The minimum atomic E-state index is -0.0978. The van der Waals surface area contributed by atoms with Gasteiger partial charge in [-0.3, -0.25) is 4.79 Å². The van der Waals surface area contributed by atoms with E-state index < -0.39 is 0 Å². The first-order valence-corrected chi connectivity index (χ1v) is 9.77. The fourth-order valence-electron chi connectivity index (χ4n) is 3.52. The molecule has 0 aliphatic carbocycles. The van der Waals surface area contributed by atoms with Crippen molar-refractivity contribution in [3.05, 3.63) is 59.7 Å². The van der Waals surface area contributed by atoms with Gasteiger partial charge in [0, 0.05) is 43.1 Å². The van der Waals surface area contributed by atoms with Crippen LogP contribution in [0.3, 0.4) is 0 Å². The van der Waals surface area contributed by atoms with E-state index in [1.54, 1.807) is 24.3 Å². The predicted molar refractivity (Wildman–Crippen MR) is 114 cm³/mol. The molecular weight excluding hydrogens is 350 g/mol. The number of hydrogen-bond donors (Lipinski definition) is 1. The standard InChI is InChI=1S/C23H29N3O2/c1-17(27)18-9-11-19(12-10-18)24-22(28)26-15-13-25(14-16-26)21-8-6-5-7-20(21)23(2,3)4/h5-12H,13-16H2,1-4H3,(H,24,28). The fourth-order valence-corrected chi connectivity index (χ4v) is 3.52. The Morgan fingerprint density at radius 1 is 0.893 bits per heavy atom. The summed E-state index contributed by atoms with van der Waals surface area (Å²) in [7, 11) is 0. The molecule has 0 aromatic heterocycles. The largest absolute Gasteiger partial charge is 0.368 e. The van der Waals surface area contributed by atoms with Crippen LogP contribution in [-0.4, -0.2) is 42.9 Å². The molecule has 1 saturated heterocycles. The number of rotatable bonds is 3. The lowest BCUT2D eigenvalue weighted by molar-refractivity contribution is 0.101. The number of anilines is 2. The molecule has 3 rings (SSSR count). The van der Waals surface area contributed by atoms with Crippen LogP contribution in [0.15, 0.2) is 48.5 Å². The smallest absolute Gasteiger partial charge is 0.321 e. The molecule has 0 spiro atoms. The second-order valence-electron chi connectivity index (χ2n) is 8.30. The van der Waals surface area contributed by atoms with Crippen molar-refractivity contribution in [2.24, 2.45) is 0 Å². The summed E-state index contributed by atoms with van der Waals surface area (Å²) in [6.45, 7) is 11.2.